The summed E-state index contributed by atoms with van der Waals surface area (Å²) < 4.78 is 7.63. The van der Waals surface area contributed by atoms with Gasteiger partial charge >= 0.3 is 0 Å². The molecule has 1 fully saturated rings. The van der Waals surface area contributed by atoms with E-state index < -0.39 is 0 Å². The zero-order valence-corrected chi connectivity index (χ0v) is 15.9. The highest BCUT2D eigenvalue weighted by Crippen LogP contribution is 2.38. The van der Waals surface area contributed by atoms with Gasteiger partial charge in [-0.1, -0.05) is 46.0 Å². The smallest absolute Gasteiger partial charge is 0.266 e. The maximum Gasteiger partial charge on any atom is 0.266 e. The molecule has 0 saturated carbocycles. The third-order valence-corrected chi connectivity index (χ3v) is 5.14. The number of rotatable bonds is 4. The molecule has 0 atom stereocenters. The molecule has 0 aliphatic carbocycles. The lowest BCUT2D eigenvalue weighted by molar-refractivity contribution is -0.121. The lowest BCUT2D eigenvalue weighted by Gasteiger charge is -2.11. The number of thioether (sulfide) groups is 1. The van der Waals surface area contributed by atoms with Crippen LogP contribution in [0.1, 0.15) is 5.56 Å². The molecule has 2 rings (SSSR count). The molecule has 0 bridgehead atoms. The van der Waals surface area contributed by atoms with E-state index >= 15 is 0 Å². The van der Waals surface area contributed by atoms with E-state index in [1.807, 2.05) is 12.1 Å². The van der Waals surface area contributed by atoms with E-state index in [2.05, 4.69) is 38.4 Å². The molecule has 1 aromatic carbocycles. The van der Waals surface area contributed by atoms with Crippen LogP contribution in [0.2, 0.25) is 0 Å². The third kappa shape index (κ3) is 3.59. The van der Waals surface area contributed by atoms with Gasteiger partial charge in [-0.25, -0.2) is 0 Å². The molecule has 7 heteroatoms. The van der Waals surface area contributed by atoms with Crippen molar-refractivity contribution in [2.24, 2.45) is 0 Å². The van der Waals surface area contributed by atoms with Gasteiger partial charge in [-0.2, -0.15) is 0 Å². The summed E-state index contributed by atoms with van der Waals surface area (Å²) in [7, 11) is 1.59. The van der Waals surface area contributed by atoms with Gasteiger partial charge in [-0.15, -0.1) is 6.58 Å². The van der Waals surface area contributed by atoms with Crippen molar-refractivity contribution in [3.8, 4) is 5.75 Å². The summed E-state index contributed by atoms with van der Waals surface area (Å²) in [6.07, 6.45) is 3.45. The van der Waals surface area contributed by atoms with Crippen molar-refractivity contribution in [1.82, 2.24) is 4.90 Å². The fraction of sp³-hybridized carbons (Fsp3) is 0.143. The number of hydrogen-bond acceptors (Lipinski definition) is 4. The van der Waals surface area contributed by atoms with Gasteiger partial charge in [0.25, 0.3) is 5.91 Å². The maximum absolute atomic E-state index is 12.3. The van der Waals surface area contributed by atoms with Crippen molar-refractivity contribution >= 4 is 72.1 Å². The molecule has 110 valence electrons. The summed E-state index contributed by atoms with van der Waals surface area (Å²) in [5.74, 6) is 0.565. The Hall–Kier alpha value is -0.630. The van der Waals surface area contributed by atoms with Crippen LogP contribution in [0.25, 0.3) is 6.08 Å². The minimum atomic E-state index is -0.108. The van der Waals surface area contributed by atoms with Crippen molar-refractivity contribution in [2.45, 2.75) is 0 Å². The fourth-order valence-electron chi connectivity index (χ4n) is 1.83. The predicted molar refractivity (Wildman–Crippen MR) is 98.5 cm³/mol. The van der Waals surface area contributed by atoms with Crippen LogP contribution in [0, 0.1) is 0 Å². The first kappa shape index (κ1) is 16.7. The monoisotopic (exact) mass is 447 g/mol. The van der Waals surface area contributed by atoms with E-state index in [0.29, 0.717) is 21.5 Å². The Balaban J connectivity index is 2.43. The Morgan fingerprint density at radius 3 is 2.81 bits per heavy atom. The summed E-state index contributed by atoms with van der Waals surface area (Å²) >= 11 is 13.4. The zero-order valence-electron chi connectivity index (χ0n) is 11.1. The van der Waals surface area contributed by atoms with Crippen molar-refractivity contribution < 1.29 is 9.53 Å². The number of methoxy groups -OCH3 is 1. The second-order valence-electron chi connectivity index (χ2n) is 4.09. The number of halogens is 2. The summed E-state index contributed by atoms with van der Waals surface area (Å²) in [5.41, 5.74) is 0.804. The zero-order chi connectivity index (χ0) is 15.6. The number of carbonyl (C=O) groups excluding carboxylic acids is 1. The molecule has 1 aliphatic heterocycles. The first-order valence-corrected chi connectivity index (χ1v) is 8.68. The van der Waals surface area contributed by atoms with Gasteiger partial charge in [0.05, 0.1) is 16.5 Å². The minimum absolute atomic E-state index is 0.108. The van der Waals surface area contributed by atoms with E-state index in [0.717, 1.165) is 14.5 Å². The Bertz CT molecular complexity index is 659. The molecule has 0 radical (unpaired) electrons. The first-order valence-electron chi connectivity index (χ1n) is 5.87. The average molecular weight is 449 g/mol. The largest absolute Gasteiger partial charge is 0.495 e. The molecule has 0 aromatic heterocycles. The molecule has 21 heavy (non-hydrogen) atoms. The van der Waals surface area contributed by atoms with Crippen LogP contribution in [0.4, 0.5) is 0 Å². The van der Waals surface area contributed by atoms with Crippen molar-refractivity contribution in [3.63, 3.8) is 0 Å². The van der Waals surface area contributed by atoms with Crippen LogP contribution in [-0.4, -0.2) is 28.8 Å². The minimum Gasteiger partial charge on any atom is -0.495 e. The highest BCUT2D eigenvalue weighted by Gasteiger charge is 2.31. The molecule has 3 nitrogen and oxygen atoms in total. The van der Waals surface area contributed by atoms with Gasteiger partial charge in [-0.3, -0.25) is 9.69 Å². The van der Waals surface area contributed by atoms with E-state index in [9.17, 15) is 4.79 Å². The number of thiocarbonyl (C=S) groups is 1. The van der Waals surface area contributed by atoms with Crippen LogP contribution in [0.5, 0.6) is 5.75 Å². The number of benzene rings is 1. The van der Waals surface area contributed by atoms with Crippen LogP contribution < -0.4 is 4.74 Å². The Morgan fingerprint density at radius 1 is 1.48 bits per heavy atom. The Kier molecular flexibility index (Phi) is 5.65. The van der Waals surface area contributed by atoms with Gasteiger partial charge in [0, 0.05) is 16.6 Å². The summed E-state index contributed by atoms with van der Waals surface area (Å²) in [5, 5.41) is 0. The van der Waals surface area contributed by atoms with Crippen LogP contribution in [-0.2, 0) is 4.79 Å². The average Bonchev–Trinajstić information content (AvgIpc) is 2.66. The van der Waals surface area contributed by atoms with Gasteiger partial charge in [0.15, 0.2) is 0 Å². The molecule has 0 N–H and O–H groups in total. The van der Waals surface area contributed by atoms with Crippen LogP contribution in [0.3, 0.4) is 0 Å². The normalized spacial score (nSPS) is 16.7. The molecule has 1 heterocycles. The van der Waals surface area contributed by atoms with Gasteiger partial charge in [-0.05, 0) is 34.1 Å². The van der Waals surface area contributed by atoms with Crippen LogP contribution in [0.15, 0.2) is 38.6 Å². The summed E-state index contributed by atoms with van der Waals surface area (Å²) in [6, 6.07) is 3.78. The second kappa shape index (κ2) is 7.09. The molecule has 1 amide bonds. The number of hydrogen-bond donors (Lipinski definition) is 0. The van der Waals surface area contributed by atoms with Gasteiger partial charge in [0.1, 0.15) is 10.1 Å². The Morgan fingerprint density at radius 2 is 2.19 bits per heavy atom. The number of ether oxygens (including phenoxy) is 1. The number of amides is 1. The predicted octanol–water partition coefficient (Wildman–Crippen LogP) is 4.61. The van der Waals surface area contributed by atoms with Gasteiger partial charge < -0.3 is 4.74 Å². The molecule has 1 aliphatic rings. The lowest BCUT2D eigenvalue weighted by atomic mass is 10.2. The molecule has 1 saturated heterocycles. The van der Waals surface area contributed by atoms with Crippen LogP contribution >= 0.6 is 55.8 Å². The number of nitrogens with zero attached hydrogens (tertiary/aromatic N) is 1. The third-order valence-electron chi connectivity index (χ3n) is 2.71. The SMILES string of the molecule is C=CCN1C(=O)/C(=C\c2cc(Br)cc(Br)c2OC)SC1=S. The standard InChI is InChI=1S/C14H11Br2NO2S2/c1-3-4-17-13(18)11(21-14(17)20)6-8-5-9(15)7-10(16)12(8)19-2/h3,5-7H,1,4H2,2H3/b11-6+. The number of carbonyl (C=O) groups is 1. The van der Waals surface area contributed by atoms with Gasteiger partial charge in [0.2, 0.25) is 0 Å². The molecular formula is C14H11Br2NO2S2. The van der Waals surface area contributed by atoms with Crippen molar-refractivity contribution in [3.05, 3.63) is 44.2 Å². The quantitative estimate of drug-likeness (QED) is 0.382. The van der Waals surface area contributed by atoms with E-state index in [-0.39, 0.29) is 5.91 Å². The molecule has 0 spiro atoms. The second-order valence-corrected chi connectivity index (χ2v) is 7.54. The van der Waals surface area contributed by atoms with Crippen molar-refractivity contribution in [2.75, 3.05) is 13.7 Å². The first-order chi connectivity index (χ1) is 9.97. The fourth-order valence-corrected chi connectivity index (χ4v) is 4.52. The van der Waals surface area contributed by atoms with E-state index in [1.165, 1.54) is 16.7 Å². The Labute approximate surface area is 149 Å². The lowest BCUT2D eigenvalue weighted by Crippen LogP contribution is -2.27. The highest BCUT2D eigenvalue weighted by molar-refractivity contribution is 9.11. The molecular weight excluding hydrogens is 438 g/mol. The molecule has 1 aromatic rings. The highest BCUT2D eigenvalue weighted by atomic mass is 79.9. The van der Waals surface area contributed by atoms with E-state index in [1.54, 1.807) is 19.3 Å². The molecule has 0 unspecified atom stereocenters. The topological polar surface area (TPSA) is 29.5 Å². The van der Waals surface area contributed by atoms with Crippen molar-refractivity contribution in [1.29, 1.82) is 0 Å². The van der Waals surface area contributed by atoms with E-state index in [4.69, 9.17) is 17.0 Å². The summed E-state index contributed by atoms with van der Waals surface area (Å²) in [6.45, 7) is 4.06. The maximum atomic E-state index is 12.3. The summed E-state index contributed by atoms with van der Waals surface area (Å²) in [4.78, 5) is 14.4.